The van der Waals surface area contributed by atoms with E-state index >= 15 is 0 Å². The lowest BCUT2D eigenvalue weighted by Crippen LogP contribution is -2.45. The third-order valence-electron chi connectivity index (χ3n) is 4.89. The summed E-state index contributed by atoms with van der Waals surface area (Å²) in [4.78, 5) is 12.8. The van der Waals surface area contributed by atoms with Crippen LogP contribution in [0.25, 0.3) is 0 Å². The van der Waals surface area contributed by atoms with Crippen molar-refractivity contribution >= 4 is 44.8 Å². The van der Waals surface area contributed by atoms with Gasteiger partial charge in [-0.15, -0.1) is 0 Å². The molecule has 3 aromatic carbocycles. The molecule has 3 aromatic rings. The van der Waals surface area contributed by atoms with Gasteiger partial charge in [-0.05, 0) is 42.5 Å². The Bertz CT molecular complexity index is 1250. The zero-order valence-corrected chi connectivity index (χ0v) is 19.6. The molecule has 0 spiro atoms. The van der Waals surface area contributed by atoms with E-state index in [1.807, 2.05) is 12.1 Å². The lowest BCUT2D eigenvalue weighted by Gasteiger charge is -2.28. The Morgan fingerprint density at radius 2 is 1.70 bits per heavy atom. The van der Waals surface area contributed by atoms with Crippen molar-refractivity contribution in [1.29, 1.82) is 0 Å². The molecule has 1 N–H and O–H groups in total. The first-order chi connectivity index (χ1) is 15.8. The molecule has 1 unspecified atom stereocenters. The second kappa shape index (κ2) is 9.91. The Morgan fingerprint density at radius 1 is 1.00 bits per heavy atom. The number of rotatable bonds is 7. The van der Waals surface area contributed by atoms with Crippen LogP contribution in [0.3, 0.4) is 0 Å². The molecule has 1 heterocycles. The van der Waals surface area contributed by atoms with Crippen LogP contribution in [-0.2, 0) is 14.8 Å². The number of carbonyl (C=O) groups is 1. The van der Waals surface area contributed by atoms with E-state index < -0.39 is 28.6 Å². The largest absolute Gasteiger partial charge is 0.486 e. The van der Waals surface area contributed by atoms with E-state index in [0.717, 1.165) is 4.31 Å². The number of ether oxygens (including phenoxy) is 2. The number of para-hydroxylation sites is 2. The molecule has 10 heteroatoms. The number of amides is 1. The van der Waals surface area contributed by atoms with E-state index in [0.29, 0.717) is 16.5 Å². The Labute approximate surface area is 201 Å². The van der Waals surface area contributed by atoms with Crippen LogP contribution < -0.4 is 19.1 Å². The Kier molecular flexibility index (Phi) is 6.97. The number of nitrogens with zero attached hydrogens (tertiary/aromatic N) is 1. The van der Waals surface area contributed by atoms with Gasteiger partial charge in [0.2, 0.25) is 5.91 Å². The minimum absolute atomic E-state index is 0.0319. The van der Waals surface area contributed by atoms with Crippen molar-refractivity contribution in [1.82, 2.24) is 5.32 Å². The number of hydrogen-bond donors (Lipinski definition) is 1. The molecule has 1 atom stereocenters. The van der Waals surface area contributed by atoms with Crippen LogP contribution in [0.15, 0.2) is 77.7 Å². The average Bonchev–Trinajstić information content (AvgIpc) is 2.82. The van der Waals surface area contributed by atoms with Crippen molar-refractivity contribution < 1.29 is 22.7 Å². The van der Waals surface area contributed by atoms with Gasteiger partial charge in [-0.3, -0.25) is 9.10 Å². The summed E-state index contributed by atoms with van der Waals surface area (Å²) in [6, 6.07) is 19.5. The molecule has 1 aliphatic heterocycles. The second-order valence-corrected chi connectivity index (χ2v) is 9.93. The fourth-order valence-electron chi connectivity index (χ4n) is 3.28. The molecule has 0 aromatic heterocycles. The zero-order chi connectivity index (χ0) is 23.4. The van der Waals surface area contributed by atoms with Crippen molar-refractivity contribution in [3.8, 4) is 11.5 Å². The monoisotopic (exact) mass is 506 g/mol. The molecule has 4 rings (SSSR count). The summed E-state index contributed by atoms with van der Waals surface area (Å²) in [7, 11) is -4.08. The Balaban J connectivity index is 1.51. The Hall–Kier alpha value is -2.94. The normalized spacial score (nSPS) is 15.0. The van der Waals surface area contributed by atoms with Gasteiger partial charge in [0.15, 0.2) is 11.5 Å². The molecule has 0 aliphatic carbocycles. The first-order valence-electron chi connectivity index (χ1n) is 10.0. The Morgan fingerprint density at radius 3 is 2.42 bits per heavy atom. The number of anilines is 1. The van der Waals surface area contributed by atoms with E-state index in [-0.39, 0.29) is 28.8 Å². The fraction of sp³-hybridized carbons (Fsp3) is 0.174. The molecule has 0 saturated carbocycles. The van der Waals surface area contributed by atoms with Crippen molar-refractivity contribution in [3.63, 3.8) is 0 Å². The predicted molar refractivity (Wildman–Crippen MR) is 127 cm³/mol. The van der Waals surface area contributed by atoms with Crippen LogP contribution in [0.4, 0.5) is 5.69 Å². The topological polar surface area (TPSA) is 84.9 Å². The number of hydrogen-bond acceptors (Lipinski definition) is 5. The van der Waals surface area contributed by atoms with Crippen molar-refractivity contribution in [2.75, 3.05) is 24.0 Å². The van der Waals surface area contributed by atoms with Gasteiger partial charge < -0.3 is 14.8 Å². The molecular weight excluding hydrogens is 487 g/mol. The molecular formula is C23H20Cl2N2O5S. The number of carbonyl (C=O) groups excluding carboxylic acids is 1. The molecule has 0 radical (unpaired) electrons. The van der Waals surface area contributed by atoms with Gasteiger partial charge in [0.1, 0.15) is 19.3 Å². The number of benzene rings is 3. The highest BCUT2D eigenvalue weighted by Crippen LogP contribution is 2.33. The zero-order valence-electron chi connectivity index (χ0n) is 17.3. The quantitative estimate of drug-likeness (QED) is 0.520. The highest BCUT2D eigenvalue weighted by atomic mass is 35.5. The van der Waals surface area contributed by atoms with Crippen LogP contribution in [0, 0.1) is 0 Å². The van der Waals surface area contributed by atoms with Crippen molar-refractivity contribution in [2.45, 2.75) is 11.0 Å². The van der Waals surface area contributed by atoms with Gasteiger partial charge in [0.05, 0.1) is 22.2 Å². The van der Waals surface area contributed by atoms with Gasteiger partial charge in [-0.1, -0.05) is 53.5 Å². The maximum absolute atomic E-state index is 13.4. The summed E-state index contributed by atoms with van der Waals surface area (Å²) >= 11 is 12.3. The van der Waals surface area contributed by atoms with Gasteiger partial charge in [-0.25, -0.2) is 8.42 Å². The third kappa shape index (κ3) is 5.35. The summed E-state index contributed by atoms with van der Waals surface area (Å²) in [5, 5.41) is 3.17. The molecule has 1 aliphatic rings. The number of halogens is 2. The smallest absolute Gasteiger partial charge is 0.264 e. The van der Waals surface area contributed by atoms with Crippen LogP contribution in [0.2, 0.25) is 10.0 Å². The lowest BCUT2D eigenvalue weighted by atomic mass is 10.2. The highest BCUT2D eigenvalue weighted by molar-refractivity contribution is 7.92. The fourth-order valence-corrected chi connectivity index (χ4v) is 5.30. The van der Waals surface area contributed by atoms with Crippen LogP contribution in [0.5, 0.6) is 11.5 Å². The number of nitrogens with one attached hydrogen (secondary N) is 1. The summed E-state index contributed by atoms with van der Waals surface area (Å²) in [6.07, 6.45) is -0.415. The molecule has 0 saturated heterocycles. The molecule has 7 nitrogen and oxygen atoms in total. The lowest BCUT2D eigenvalue weighted by molar-refractivity contribution is -0.120. The molecule has 172 valence electrons. The van der Waals surface area contributed by atoms with Crippen molar-refractivity contribution in [2.24, 2.45) is 0 Å². The van der Waals surface area contributed by atoms with E-state index in [1.54, 1.807) is 30.3 Å². The van der Waals surface area contributed by atoms with E-state index in [1.165, 1.54) is 30.3 Å². The second-order valence-electron chi connectivity index (χ2n) is 7.22. The van der Waals surface area contributed by atoms with Gasteiger partial charge in [0.25, 0.3) is 10.0 Å². The number of sulfonamides is 1. The summed E-state index contributed by atoms with van der Waals surface area (Å²) < 4.78 is 39.2. The van der Waals surface area contributed by atoms with Crippen LogP contribution in [0.1, 0.15) is 0 Å². The van der Waals surface area contributed by atoms with Gasteiger partial charge >= 0.3 is 0 Å². The van der Waals surface area contributed by atoms with E-state index in [9.17, 15) is 13.2 Å². The number of fused-ring (bicyclic) bond motifs is 1. The summed E-state index contributed by atoms with van der Waals surface area (Å²) in [5.74, 6) is 0.699. The summed E-state index contributed by atoms with van der Waals surface area (Å²) in [6.45, 7) is -0.0875. The molecule has 33 heavy (non-hydrogen) atoms. The summed E-state index contributed by atoms with van der Waals surface area (Å²) in [5.41, 5.74) is 0.145. The molecule has 0 bridgehead atoms. The minimum atomic E-state index is -4.08. The first kappa shape index (κ1) is 23.2. The highest BCUT2D eigenvalue weighted by Gasteiger charge is 2.29. The first-order valence-corrected chi connectivity index (χ1v) is 12.2. The van der Waals surface area contributed by atoms with E-state index in [2.05, 4.69) is 5.32 Å². The molecule has 0 fully saturated rings. The van der Waals surface area contributed by atoms with Crippen molar-refractivity contribution in [3.05, 3.63) is 82.8 Å². The van der Waals surface area contributed by atoms with Crippen LogP contribution in [-0.4, -0.2) is 40.1 Å². The van der Waals surface area contributed by atoms with E-state index in [4.69, 9.17) is 32.7 Å². The van der Waals surface area contributed by atoms with Gasteiger partial charge in [-0.2, -0.15) is 0 Å². The maximum Gasteiger partial charge on any atom is 0.264 e. The van der Waals surface area contributed by atoms with Gasteiger partial charge in [0, 0.05) is 5.02 Å². The standard InChI is InChI=1S/C23H20Cl2N2O5S/c24-16-10-11-20(19(25)12-16)27(33(29,30)18-6-2-1-3-7-18)14-23(28)26-13-17-15-31-21-8-4-5-9-22(21)32-17/h1-12,17H,13-15H2,(H,26,28). The maximum atomic E-state index is 13.4. The predicted octanol–water partition coefficient (Wildman–Crippen LogP) is 4.14. The molecule has 1 amide bonds. The SMILES string of the molecule is O=C(CN(c1ccc(Cl)cc1Cl)S(=O)(=O)c1ccccc1)NCC1COc2ccccc2O1. The average molecular weight is 507 g/mol. The third-order valence-corrected chi connectivity index (χ3v) is 7.20. The van der Waals surface area contributed by atoms with Crippen LogP contribution >= 0.6 is 23.2 Å². The minimum Gasteiger partial charge on any atom is -0.486 e.